The molecule has 1 aromatic rings. The van der Waals surface area contributed by atoms with E-state index >= 15 is 0 Å². The SMILES string of the molecule is COC(C(=O)c1ccc2c(c1)CCO2)C1CCCCC1. The van der Waals surface area contributed by atoms with E-state index in [-0.39, 0.29) is 11.9 Å². The Morgan fingerprint density at radius 3 is 2.85 bits per heavy atom. The molecule has 1 atom stereocenters. The Morgan fingerprint density at radius 1 is 1.30 bits per heavy atom. The summed E-state index contributed by atoms with van der Waals surface area (Å²) >= 11 is 0. The number of ether oxygens (including phenoxy) is 2. The van der Waals surface area contributed by atoms with Gasteiger partial charge in [-0.25, -0.2) is 0 Å². The largest absolute Gasteiger partial charge is 0.493 e. The molecule has 0 aromatic heterocycles. The zero-order valence-electron chi connectivity index (χ0n) is 12.1. The second-order valence-corrected chi connectivity index (χ2v) is 5.84. The number of ketones is 1. The van der Waals surface area contributed by atoms with Crippen molar-refractivity contribution in [2.45, 2.75) is 44.6 Å². The number of hydrogen-bond donors (Lipinski definition) is 0. The molecule has 1 heterocycles. The highest BCUT2D eigenvalue weighted by molar-refractivity contribution is 6.00. The van der Waals surface area contributed by atoms with Crippen molar-refractivity contribution in [3.8, 4) is 5.75 Å². The molecule has 2 aliphatic rings. The van der Waals surface area contributed by atoms with Crippen molar-refractivity contribution in [2.24, 2.45) is 5.92 Å². The van der Waals surface area contributed by atoms with E-state index in [2.05, 4.69) is 0 Å². The van der Waals surface area contributed by atoms with Gasteiger partial charge < -0.3 is 9.47 Å². The summed E-state index contributed by atoms with van der Waals surface area (Å²) in [5, 5.41) is 0. The third-order valence-corrected chi connectivity index (χ3v) is 4.56. The molecule has 0 spiro atoms. The fourth-order valence-corrected chi connectivity index (χ4v) is 3.45. The van der Waals surface area contributed by atoms with Gasteiger partial charge in [0.05, 0.1) is 6.61 Å². The number of carbonyl (C=O) groups excluding carboxylic acids is 1. The molecular weight excluding hydrogens is 252 g/mol. The van der Waals surface area contributed by atoms with Gasteiger partial charge in [0.15, 0.2) is 5.78 Å². The van der Waals surface area contributed by atoms with Crippen LogP contribution in [0.3, 0.4) is 0 Å². The summed E-state index contributed by atoms with van der Waals surface area (Å²) in [5.41, 5.74) is 1.92. The van der Waals surface area contributed by atoms with Crippen LogP contribution in [0.5, 0.6) is 5.75 Å². The van der Waals surface area contributed by atoms with Crippen molar-refractivity contribution in [1.82, 2.24) is 0 Å². The number of methoxy groups -OCH3 is 1. The van der Waals surface area contributed by atoms with E-state index in [9.17, 15) is 4.79 Å². The Balaban J connectivity index is 1.79. The average molecular weight is 274 g/mol. The van der Waals surface area contributed by atoms with Gasteiger partial charge in [0.25, 0.3) is 0 Å². The molecule has 1 unspecified atom stereocenters. The number of benzene rings is 1. The Kier molecular flexibility index (Phi) is 4.06. The third kappa shape index (κ3) is 2.59. The minimum absolute atomic E-state index is 0.133. The van der Waals surface area contributed by atoms with Crippen LogP contribution in [0.4, 0.5) is 0 Å². The van der Waals surface area contributed by atoms with E-state index < -0.39 is 0 Å². The van der Waals surface area contributed by atoms with E-state index in [1.165, 1.54) is 19.3 Å². The Morgan fingerprint density at radius 2 is 2.10 bits per heavy atom. The minimum atomic E-state index is -0.282. The summed E-state index contributed by atoms with van der Waals surface area (Å²) in [6, 6.07) is 5.78. The van der Waals surface area contributed by atoms with Gasteiger partial charge in [-0.05, 0) is 42.5 Å². The van der Waals surface area contributed by atoms with E-state index in [4.69, 9.17) is 9.47 Å². The third-order valence-electron chi connectivity index (χ3n) is 4.56. The van der Waals surface area contributed by atoms with Crippen LogP contribution in [0.1, 0.15) is 48.0 Å². The number of hydrogen-bond acceptors (Lipinski definition) is 3. The Bertz CT molecular complexity index is 489. The van der Waals surface area contributed by atoms with Crippen LogP contribution in [0, 0.1) is 5.92 Å². The van der Waals surface area contributed by atoms with Crippen molar-refractivity contribution >= 4 is 5.78 Å². The fraction of sp³-hybridized carbons (Fsp3) is 0.588. The van der Waals surface area contributed by atoms with Gasteiger partial charge in [-0.15, -0.1) is 0 Å². The quantitative estimate of drug-likeness (QED) is 0.789. The molecule has 3 rings (SSSR count). The maximum atomic E-state index is 12.7. The van der Waals surface area contributed by atoms with Gasteiger partial charge in [-0.2, -0.15) is 0 Å². The van der Waals surface area contributed by atoms with Crippen LogP contribution in [0.15, 0.2) is 18.2 Å². The Labute approximate surface area is 120 Å². The predicted octanol–water partition coefficient (Wildman–Crippen LogP) is 3.40. The van der Waals surface area contributed by atoms with E-state index in [0.717, 1.165) is 42.7 Å². The molecule has 3 heteroatoms. The van der Waals surface area contributed by atoms with Crippen molar-refractivity contribution in [1.29, 1.82) is 0 Å². The second-order valence-electron chi connectivity index (χ2n) is 5.84. The molecule has 108 valence electrons. The average Bonchev–Trinajstić information content (AvgIpc) is 2.96. The molecule has 3 nitrogen and oxygen atoms in total. The highest BCUT2D eigenvalue weighted by Crippen LogP contribution is 2.31. The normalized spacial score (nSPS) is 20.2. The lowest BCUT2D eigenvalue weighted by Gasteiger charge is -2.28. The van der Waals surface area contributed by atoms with Crippen molar-refractivity contribution in [2.75, 3.05) is 13.7 Å². The van der Waals surface area contributed by atoms with Gasteiger partial charge >= 0.3 is 0 Å². The molecular formula is C17H22O3. The molecule has 1 fully saturated rings. The first-order valence-electron chi connectivity index (χ1n) is 7.62. The molecule has 1 aromatic carbocycles. The molecule has 0 saturated heterocycles. The molecule has 1 aliphatic carbocycles. The van der Waals surface area contributed by atoms with Gasteiger partial charge in [0.2, 0.25) is 0 Å². The van der Waals surface area contributed by atoms with E-state index in [1.54, 1.807) is 7.11 Å². The maximum Gasteiger partial charge on any atom is 0.191 e. The van der Waals surface area contributed by atoms with Gasteiger partial charge in [0.1, 0.15) is 11.9 Å². The molecule has 20 heavy (non-hydrogen) atoms. The monoisotopic (exact) mass is 274 g/mol. The zero-order chi connectivity index (χ0) is 13.9. The van der Waals surface area contributed by atoms with Crippen LogP contribution in [-0.4, -0.2) is 25.6 Å². The van der Waals surface area contributed by atoms with E-state index in [1.807, 2.05) is 18.2 Å². The van der Waals surface area contributed by atoms with Gasteiger partial charge in [-0.1, -0.05) is 19.3 Å². The van der Waals surface area contributed by atoms with Gasteiger partial charge in [0, 0.05) is 19.1 Å². The molecule has 0 bridgehead atoms. The number of fused-ring (bicyclic) bond motifs is 1. The summed E-state index contributed by atoms with van der Waals surface area (Å²) in [6.07, 6.45) is 6.56. The summed E-state index contributed by atoms with van der Waals surface area (Å²) < 4.78 is 11.0. The van der Waals surface area contributed by atoms with Crippen molar-refractivity contribution in [3.63, 3.8) is 0 Å². The van der Waals surface area contributed by atoms with Crippen LogP contribution in [0.2, 0.25) is 0 Å². The Hall–Kier alpha value is -1.35. The first kappa shape index (κ1) is 13.6. The summed E-state index contributed by atoms with van der Waals surface area (Å²) in [7, 11) is 1.66. The standard InChI is InChI=1S/C17H22O3/c1-19-17(12-5-3-2-4-6-12)16(18)14-7-8-15-13(11-14)9-10-20-15/h7-8,11-12,17H,2-6,9-10H2,1H3. The van der Waals surface area contributed by atoms with Crippen molar-refractivity contribution < 1.29 is 14.3 Å². The van der Waals surface area contributed by atoms with Crippen LogP contribution < -0.4 is 4.74 Å². The molecule has 1 saturated carbocycles. The molecule has 0 amide bonds. The number of carbonyl (C=O) groups is 1. The molecule has 1 aliphatic heterocycles. The highest BCUT2D eigenvalue weighted by atomic mass is 16.5. The lowest BCUT2D eigenvalue weighted by atomic mass is 9.82. The van der Waals surface area contributed by atoms with Crippen LogP contribution >= 0.6 is 0 Å². The summed E-state index contributed by atoms with van der Waals surface area (Å²) in [4.78, 5) is 12.7. The second kappa shape index (κ2) is 5.96. The zero-order valence-corrected chi connectivity index (χ0v) is 12.1. The van der Waals surface area contributed by atoms with Crippen molar-refractivity contribution in [3.05, 3.63) is 29.3 Å². The maximum absolute atomic E-state index is 12.7. The predicted molar refractivity (Wildman–Crippen MR) is 77.3 cm³/mol. The van der Waals surface area contributed by atoms with Gasteiger partial charge in [-0.3, -0.25) is 4.79 Å². The number of Topliss-reactive ketones (excluding diaryl/α,β-unsaturated/α-hetero) is 1. The first-order chi connectivity index (χ1) is 9.79. The van der Waals surface area contributed by atoms with E-state index in [0.29, 0.717) is 5.92 Å². The van der Waals surface area contributed by atoms with Crippen LogP contribution in [0.25, 0.3) is 0 Å². The smallest absolute Gasteiger partial charge is 0.191 e. The minimum Gasteiger partial charge on any atom is -0.493 e. The summed E-state index contributed by atoms with van der Waals surface area (Å²) in [6.45, 7) is 0.726. The lowest BCUT2D eigenvalue weighted by Crippen LogP contribution is -2.33. The topological polar surface area (TPSA) is 35.5 Å². The highest BCUT2D eigenvalue weighted by Gasteiger charge is 2.30. The first-order valence-corrected chi connectivity index (χ1v) is 7.62. The molecule has 0 radical (unpaired) electrons. The molecule has 0 N–H and O–H groups in total. The lowest BCUT2D eigenvalue weighted by molar-refractivity contribution is 0.0314. The van der Waals surface area contributed by atoms with Crippen LogP contribution in [-0.2, 0) is 11.2 Å². The summed E-state index contributed by atoms with van der Waals surface area (Å²) in [5.74, 6) is 1.44. The number of rotatable bonds is 4. The fourth-order valence-electron chi connectivity index (χ4n) is 3.45.